The molecule has 2 aromatic rings. The summed E-state index contributed by atoms with van der Waals surface area (Å²) in [6.07, 6.45) is 6.58. The normalized spacial score (nSPS) is 15.0. The van der Waals surface area contributed by atoms with E-state index in [-0.39, 0.29) is 5.91 Å². The molecule has 0 spiro atoms. The number of nitrogens with one attached hydrogen (secondary N) is 1. The topological polar surface area (TPSA) is 74.2 Å². The van der Waals surface area contributed by atoms with Crippen LogP contribution < -0.4 is 15.1 Å². The van der Waals surface area contributed by atoms with Crippen LogP contribution in [0.15, 0.2) is 30.7 Å². The largest absolute Gasteiger partial charge is 0.367 e. The van der Waals surface area contributed by atoms with Crippen molar-refractivity contribution >= 4 is 23.4 Å². The summed E-state index contributed by atoms with van der Waals surface area (Å²) in [7, 11) is 0. The summed E-state index contributed by atoms with van der Waals surface area (Å²) in [5.74, 6) is 1.34. The van der Waals surface area contributed by atoms with Crippen molar-refractivity contribution in [2.45, 2.75) is 34.1 Å². The molecule has 1 aliphatic rings. The smallest absolute Gasteiger partial charge is 0.230 e. The zero-order valence-corrected chi connectivity index (χ0v) is 16.6. The molecular formula is C20H28N6O. The number of hydrogen-bond acceptors (Lipinski definition) is 6. The molecule has 7 heteroatoms. The third kappa shape index (κ3) is 4.72. The van der Waals surface area contributed by atoms with Crippen molar-refractivity contribution in [3.8, 4) is 0 Å². The number of aryl methyl sites for hydroxylation is 1. The zero-order valence-electron chi connectivity index (χ0n) is 16.6. The maximum absolute atomic E-state index is 12.1. The third-order valence-electron chi connectivity index (χ3n) is 4.70. The van der Waals surface area contributed by atoms with Crippen LogP contribution in [0.25, 0.3) is 0 Å². The van der Waals surface area contributed by atoms with E-state index >= 15 is 0 Å². The Morgan fingerprint density at radius 3 is 2.15 bits per heavy atom. The monoisotopic (exact) mass is 368 g/mol. The highest BCUT2D eigenvalue weighted by Crippen LogP contribution is 2.20. The number of aromatic nitrogens is 3. The van der Waals surface area contributed by atoms with Crippen molar-refractivity contribution in [3.05, 3.63) is 36.3 Å². The molecule has 27 heavy (non-hydrogen) atoms. The molecule has 1 fully saturated rings. The predicted molar refractivity (Wildman–Crippen MR) is 108 cm³/mol. The number of nitrogens with zero attached hydrogens (tertiary/aromatic N) is 5. The van der Waals surface area contributed by atoms with Crippen LogP contribution in [-0.4, -0.2) is 47.0 Å². The SMILES string of the molecule is CCc1cnc(N2CCN(c3ccc(NC(=O)C(C)(C)C)nc3)CC2)nc1. The van der Waals surface area contributed by atoms with Crippen molar-refractivity contribution in [1.82, 2.24) is 15.0 Å². The summed E-state index contributed by atoms with van der Waals surface area (Å²) in [6, 6.07) is 3.87. The van der Waals surface area contributed by atoms with E-state index in [1.165, 1.54) is 0 Å². The van der Waals surface area contributed by atoms with Gasteiger partial charge in [-0.2, -0.15) is 0 Å². The van der Waals surface area contributed by atoms with Gasteiger partial charge in [0, 0.05) is 44.0 Å². The Morgan fingerprint density at radius 1 is 1.00 bits per heavy atom. The molecule has 3 heterocycles. The zero-order chi connectivity index (χ0) is 19.4. The van der Waals surface area contributed by atoms with Gasteiger partial charge in [-0.25, -0.2) is 15.0 Å². The first kappa shape index (κ1) is 19.1. The van der Waals surface area contributed by atoms with E-state index in [4.69, 9.17) is 0 Å². The van der Waals surface area contributed by atoms with Gasteiger partial charge in [0.05, 0.1) is 11.9 Å². The van der Waals surface area contributed by atoms with E-state index in [1.54, 1.807) is 0 Å². The number of carbonyl (C=O) groups is 1. The van der Waals surface area contributed by atoms with Crippen molar-refractivity contribution in [2.75, 3.05) is 41.3 Å². The molecule has 0 aromatic carbocycles. The first-order valence-corrected chi connectivity index (χ1v) is 9.45. The van der Waals surface area contributed by atoms with Gasteiger partial charge in [-0.3, -0.25) is 4.79 Å². The minimum Gasteiger partial charge on any atom is -0.367 e. The van der Waals surface area contributed by atoms with Gasteiger partial charge < -0.3 is 15.1 Å². The van der Waals surface area contributed by atoms with E-state index in [0.717, 1.165) is 49.8 Å². The van der Waals surface area contributed by atoms with Gasteiger partial charge in [-0.15, -0.1) is 0 Å². The molecule has 1 saturated heterocycles. The second kappa shape index (κ2) is 7.90. The molecule has 144 valence electrons. The molecule has 1 amide bonds. The van der Waals surface area contributed by atoms with Crippen molar-refractivity contribution in [1.29, 1.82) is 0 Å². The molecule has 3 rings (SSSR count). The van der Waals surface area contributed by atoms with Crippen LogP contribution in [0.2, 0.25) is 0 Å². The molecule has 2 aromatic heterocycles. The van der Waals surface area contributed by atoms with Crippen LogP contribution in [0.4, 0.5) is 17.5 Å². The quantitative estimate of drug-likeness (QED) is 0.894. The summed E-state index contributed by atoms with van der Waals surface area (Å²) in [5, 5.41) is 2.86. The Kier molecular flexibility index (Phi) is 5.58. The Morgan fingerprint density at radius 2 is 1.63 bits per heavy atom. The first-order valence-electron chi connectivity index (χ1n) is 9.45. The van der Waals surface area contributed by atoms with Gasteiger partial charge >= 0.3 is 0 Å². The van der Waals surface area contributed by atoms with Crippen LogP contribution >= 0.6 is 0 Å². The fourth-order valence-corrected chi connectivity index (χ4v) is 2.81. The number of anilines is 3. The van der Waals surface area contributed by atoms with Gasteiger partial charge in [-0.05, 0) is 24.1 Å². The van der Waals surface area contributed by atoms with E-state index in [9.17, 15) is 4.79 Å². The molecule has 7 nitrogen and oxygen atoms in total. The van der Waals surface area contributed by atoms with Crippen LogP contribution in [0.1, 0.15) is 33.3 Å². The highest BCUT2D eigenvalue weighted by Gasteiger charge is 2.22. The Bertz CT molecular complexity index is 759. The molecular weight excluding hydrogens is 340 g/mol. The van der Waals surface area contributed by atoms with E-state index in [0.29, 0.717) is 5.82 Å². The average molecular weight is 368 g/mol. The van der Waals surface area contributed by atoms with Crippen LogP contribution in [0.3, 0.4) is 0 Å². The molecule has 0 bridgehead atoms. The Balaban J connectivity index is 1.56. The summed E-state index contributed by atoms with van der Waals surface area (Å²) >= 11 is 0. The van der Waals surface area contributed by atoms with Crippen molar-refractivity contribution in [3.63, 3.8) is 0 Å². The molecule has 0 saturated carbocycles. The number of piperazine rings is 1. The summed E-state index contributed by atoms with van der Waals surface area (Å²) < 4.78 is 0. The fraction of sp³-hybridized carbons (Fsp3) is 0.500. The molecule has 0 radical (unpaired) electrons. The summed E-state index contributed by atoms with van der Waals surface area (Å²) in [5.41, 5.74) is 1.78. The maximum Gasteiger partial charge on any atom is 0.230 e. The third-order valence-corrected chi connectivity index (χ3v) is 4.70. The maximum atomic E-state index is 12.1. The van der Waals surface area contributed by atoms with E-state index in [2.05, 4.69) is 37.0 Å². The summed E-state index contributed by atoms with van der Waals surface area (Å²) in [4.78, 5) is 29.9. The molecule has 0 unspecified atom stereocenters. The second-order valence-electron chi connectivity index (χ2n) is 7.82. The number of rotatable bonds is 4. The Hall–Kier alpha value is -2.70. The van der Waals surface area contributed by atoms with Crippen LogP contribution in [0.5, 0.6) is 0 Å². The van der Waals surface area contributed by atoms with Crippen molar-refractivity contribution in [2.24, 2.45) is 5.41 Å². The predicted octanol–water partition coefficient (Wildman–Crippen LogP) is 2.75. The minimum atomic E-state index is -0.436. The summed E-state index contributed by atoms with van der Waals surface area (Å²) in [6.45, 7) is 11.3. The lowest BCUT2D eigenvalue weighted by atomic mass is 9.96. The lowest BCUT2D eigenvalue weighted by Gasteiger charge is -2.36. The van der Waals surface area contributed by atoms with Crippen LogP contribution in [-0.2, 0) is 11.2 Å². The number of carbonyl (C=O) groups excluding carboxylic acids is 1. The van der Waals surface area contributed by atoms with Gasteiger partial charge in [0.15, 0.2) is 0 Å². The minimum absolute atomic E-state index is 0.0366. The van der Waals surface area contributed by atoms with E-state index < -0.39 is 5.41 Å². The molecule has 0 aliphatic carbocycles. The van der Waals surface area contributed by atoms with Crippen LogP contribution in [0, 0.1) is 5.41 Å². The number of pyridine rings is 1. The average Bonchev–Trinajstić information content (AvgIpc) is 2.68. The first-order chi connectivity index (χ1) is 12.9. The lowest BCUT2D eigenvalue weighted by Crippen LogP contribution is -2.47. The Labute approximate surface area is 160 Å². The molecule has 1 N–H and O–H groups in total. The highest BCUT2D eigenvalue weighted by molar-refractivity contribution is 5.93. The standard InChI is InChI=1S/C20H28N6O/c1-5-15-12-22-19(23-13-15)26-10-8-25(9-11-26)16-6-7-17(21-14-16)24-18(27)20(2,3)4/h6-7,12-14H,5,8-11H2,1-4H3,(H,21,24,27). The van der Waals surface area contributed by atoms with Gasteiger partial charge in [-0.1, -0.05) is 27.7 Å². The van der Waals surface area contributed by atoms with Gasteiger partial charge in [0.25, 0.3) is 0 Å². The van der Waals surface area contributed by atoms with Gasteiger partial charge in [0.1, 0.15) is 5.82 Å². The fourth-order valence-electron chi connectivity index (χ4n) is 2.81. The number of amides is 1. The number of hydrogen-bond donors (Lipinski definition) is 1. The lowest BCUT2D eigenvalue weighted by molar-refractivity contribution is -0.123. The highest BCUT2D eigenvalue weighted by atomic mass is 16.2. The van der Waals surface area contributed by atoms with E-state index in [1.807, 2.05) is 51.5 Å². The second-order valence-corrected chi connectivity index (χ2v) is 7.82. The van der Waals surface area contributed by atoms with Gasteiger partial charge in [0.2, 0.25) is 11.9 Å². The van der Waals surface area contributed by atoms with Crippen molar-refractivity contribution < 1.29 is 4.79 Å². The molecule has 0 atom stereocenters. The molecule has 1 aliphatic heterocycles.